The molecule has 2 rings (SSSR count). The quantitative estimate of drug-likeness (QED) is 0.477. The van der Waals surface area contributed by atoms with E-state index in [0.717, 1.165) is 16.9 Å². The van der Waals surface area contributed by atoms with E-state index in [1.165, 1.54) is 6.20 Å². The molecule has 0 unspecified atom stereocenters. The van der Waals surface area contributed by atoms with Crippen molar-refractivity contribution in [2.45, 2.75) is 13.0 Å². The lowest BCUT2D eigenvalue weighted by Crippen LogP contribution is -2.16. The van der Waals surface area contributed by atoms with Crippen LogP contribution < -0.4 is 4.90 Å². The van der Waals surface area contributed by atoms with Gasteiger partial charge in [0.15, 0.2) is 10.9 Å². The van der Waals surface area contributed by atoms with E-state index in [4.69, 9.17) is 5.11 Å². The van der Waals surface area contributed by atoms with E-state index in [1.807, 2.05) is 42.3 Å². The molecular weight excluding hydrogens is 304 g/mol. The molecule has 0 bridgehead atoms. The molecule has 0 atom stereocenters. The molecular formula is C15H14N2O4S. The molecule has 0 fully saturated rings. The molecule has 1 N–H and O–H groups in total. The first-order chi connectivity index (χ1) is 10.5. The van der Waals surface area contributed by atoms with Crippen LogP contribution in [-0.2, 0) is 16.1 Å². The molecule has 1 heterocycles. The van der Waals surface area contributed by atoms with Gasteiger partial charge in [0.1, 0.15) is 0 Å². The van der Waals surface area contributed by atoms with Gasteiger partial charge in [-0.15, -0.1) is 0 Å². The second-order valence-corrected chi connectivity index (χ2v) is 5.69. The molecule has 0 saturated heterocycles. The predicted octanol–water partition coefficient (Wildman–Crippen LogP) is 2.01. The summed E-state index contributed by atoms with van der Waals surface area (Å²) in [6.45, 7) is 0.635. The normalized spacial score (nSPS) is 10.2. The Hall–Kier alpha value is -2.54. The first-order valence-electron chi connectivity index (χ1n) is 6.47. The van der Waals surface area contributed by atoms with Gasteiger partial charge in [-0.2, -0.15) is 0 Å². The number of carboxylic acid groups (broad SMARTS) is 1. The van der Waals surface area contributed by atoms with Gasteiger partial charge < -0.3 is 10.0 Å². The fourth-order valence-electron chi connectivity index (χ4n) is 1.80. The number of hydrogen-bond donors (Lipinski definition) is 1. The number of aliphatic carboxylic acids is 1. The number of rotatable bonds is 7. The van der Waals surface area contributed by atoms with Crippen LogP contribution in [-0.4, -0.2) is 34.7 Å². The van der Waals surface area contributed by atoms with Gasteiger partial charge in [0.05, 0.1) is 17.5 Å². The van der Waals surface area contributed by atoms with E-state index in [9.17, 15) is 14.4 Å². The predicted molar refractivity (Wildman–Crippen MR) is 82.3 cm³/mol. The van der Waals surface area contributed by atoms with Crippen LogP contribution in [0.1, 0.15) is 21.7 Å². The minimum absolute atomic E-state index is 0.282. The third-order valence-electron chi connectivity index (χ3n) is 2.92. The topological polar surface area (TPSA) is 87.6 Å². The summed E-state index contributed by atoms with van der Waals surface area (Å²) in [5.41, 5.74) is 1.11. The van der Waals surface area contributed by atoms with Crippen LogP contribution in [0, 0.1) is 0 Å². The number of benzene rings is 1. The first-order valence-corrected chi connectivity index (χ1v) is 7.29. The number of carbonyl (C=O) groups is 3. The monoisotopic (exact) mass is 318 g/mol. The van der Waals surface area contributed by atoms with E-state index in [0.29, 0.717) is 11.7 Å². The van der Waals surface area contributed by atoms with Crippen molar-refractivity contribution in [3.05, 3.63) is 47.0 Å². The van der Waals surface area contributed by atoms with Crippen molar-refractivity contribution < 1.29 is 19.5 Å². The number of Topliss-reactive ketones (excluding diaryl/α,β-unsaturated/α-hetero) is 2. The van der Waals surface area contributed by atoms with Crippen molar-refractivity contribution in [1.82, 2.24) is 4.98 Å². The van der Waals surface area contributed by atoms with Gasteiger partial charge in [0.25, 0.3) is 0 Å². The Morgan fingerprint density at radius 3 is 2.55 bits per heavy atom. The van der Waals surface area contributed by atoms with Crippen molar-refractivity contribution in [2.24, 2.45) is 0 Å². The second kappa shape index (κ2) is 6.95. The summed E-state index contributed by atoms with van der Waals surface area (Å²) in [5.74, 6) is -3.24. The van der Waals surface area contributed by atoms with Gasteiger partial charge in [-0.1, -0.05) is 41.7 Å². The fourth-order valence-corrected chi connectivity index (χ4v) is 2.62. The van der Waals surface area contributed by atoms with Crippen molar-refractivity contribution in [3.63, 3.8) is 0 Å². The number of anilines is 1. The van der Waals surface area contributed by atoms with Gasteiger partial charge in [-0.05, 0) is 5.56 Å². The lowest BCUT2D eigenvalue weighted by molar-refractivity contribution is -0.148. The Balaban J connectivity index is 2.03. The molecule has 7 heteroatoms. The second-order valence-electron chi connectivity index (χ2n) is 4.68. The zero-order valence-corrected chi connectivity index (χ0v) is 12.7. The third kappa shape index (κ3) is 3.98. The highest BCUT2D eigenvalue weighted by Gasteiger charge is 2.20. The molecule has 0 spiro atoms. The zero-order chi connectivity index (χ0) is 16.1. The molecule has 0 amide bonds. The van der Waals surface area contributed by atoms with Crippen LogP contribution in [0.2, 0.25) is 0 Å². The Labute approximate surface area is 131 Å². The number of ketones is 2. The largest absolute Gasteiger partial charge is 0.475 e. The highest BCUT2D eigenvalue weighted by molar-refractivity contribution is 7.17. The molecule has 0 aliphatic carbocycles. The van der Waals surface area contributed by atoms with Crippen molar-refractivity contribution in [3.8, 4) is 0 Å². The number of carbonyl (C=O) groups excluding carboxylic acids is 2. The summed E-state index contributed by atoms with van der Waals surface area (Å²) in [6, 6.07) is 9.79. The van der Waals surface area contributed by atoms with Crippen molar-refractivity contribution in [1.29, 1.82) is 0 Å². The van der Waals surface area contributed by atoms with Gasteiger partial charge in [-0.25, -0.2) is 9.78 Å². The summed E-state index contributed by atoms with van der Waals surface area (Å²) in [6.07, 6.45) is 0.734. The molecule has 1 aromatic heterocycles. The third-order valence-corrected chi connectivity index (χ3v) is 4.07. The molecule has 0 radical (unpaired) electrons. The number of thiazole rings is 1. The van der Waals surface area contributed by atoms with Crippen molar-refractivity contribution in [2.75, 3.05) is 11.9 Å². The average molecular weight is 318 g/mol. The van der Waals surface area contributed by atoms with Gasteiger partial charge in [0.2, 0.25) is 5.78 Å². The summed E-state index contributed by atoms with van der Waals surface area (Å²) in [5, 5.41) is 9.15. The minimum atomic E-state index is -1.60. The van der Waals surface area contributed by atoms with Crippen LogP contribution in [0.4, 0.5) is 5.13 Å². The molecule has 2 aromatic rings. The number of nitrogens with zero attached hydrogens (tertiary/aromatic N) is 2. The highest BCUT2D eigenvalue weighted by Crippen LogP contribution is 2.24. The minimum Gasteiger partial charge on any atom is -0.475 e. The van der Waals surface area contributed by atoms with E-state index in [1.54, 1.807) is 0 Å². The molecule has 0 aliphatic rings. The molecule has 114 valence electrons. The zero-order valence-electron chi connectivity index (χ0n) is 11.9. The Kier molecular flexibility index (Phi) is 5.00. The highest BCUT2D eigenvalue weighted by atomic mass is 32.1. The van der Waals surface area contributed by atoms with Gasteiger partial charge >= 0.3 is 5.97 Å². The Bertz CT molecular complexity index is 697. The molecule has 22 heavy (non-hydrogen) atoms. The lowest BCUT2D eigenvalue weighted by Gasteiger charge is -2.15. The maximum Gasteiger partial charge on any atom is 0.372 e. The van der Waals surface area contributed by atoms with Crippen LogP contribution in [0.25, 0.3) is 0 Å². The van der Waals surface area contributed by atoms with Crippen molar-refractivity contribution >= 4 is 34.0 Å². The molecule has 6 nitrogen and oxygen atoms in total. The van der Waals surface area contributed by atoms with Crippen LogP contribution in [0.3, 0.4) is 0 Å². The Morgan fingerprint density at radius 1 is 1.23 bits per heavy atom. The first kappa shape index (κ1) is 15.8. The van der Waals surface area contributed by atoms with E-state index >= 15 is 0 Å². The summed E-state index contributed by atoms with van der Waals surface area (Å²) >= 11 is 1.14. The van der Waals surface area contributed by atoms with Crippen LogP contribution >= 0.6 is 11.3 Å². The fraction of sp³-hybridized carbons (Fsp3) is 0.200. The van der Waals surface area contributed by atoms with E-state index in [2.05, 4.69) is 4.98 Å². The lowest BCUT2D eigenvalue weighted by atomic mass is 10.2. The maximum absolute atomic E-state index is 11.8. The maximum atomic E-state index is 11.8. The Morgan fingerprint density at radius 2 is 1.91 bits per heavy atom. The van der Waals surface area contributed by atoms with E-state index in [-0.39, 0.29) is 4.88 Å². The number of hydrogen-bond acceptors (Lipinski definition) is 6. The van der Waals surface area contributed by atoms with Crippen LogP contribution in [0.15, 0.2) is 36.5 Å². The standard InChI is InChI=1S/C15H14N2O4S/c1-17(9-10-5-3-2-4-6-10)15-16-8-13(22-15)11(18)7-12(19)14(20)21/h2-6,8H,7,9H2,1H3,(H,20,21). The smallest absolute Gasteiger partial charge is 0.372 e. The summed E-state index contributed by atoms with van der Waals surface area (Å²) < 4.78 is 0. The molecule has 0 saturated carbocycles. The average Bonchev–Trinajstić information content (AvgIpc) is 2.98. The van der Waals surface area contributed by atoms with Crippen LogP contribution in [0.5, 0.6) is 0 Å². The van der Waals surface area contributed by atoms with Gasteiger partial charge in [-0.3, -0.25) is 9.59 Å². The summed E-state index contributed by atoms with van der Waals surface area (Å²) in [4.78, 5) is 39.7. The molecule has 0 aliphatic heterocycles. The molecule has 1 aromatic carbocycles. The summed E-state index contributed by atoms with van der Waals surface area (Å²) in [7, 11) is 1.85. The number of carboxylic acids is 1. The number of aromatic nitrogens is 1. The van der Waals surface area contributed by atoms with Gasteiger partial charge in [0, 0.05) is 13.6 Å². The SMILES string of the molecule is CN(Cc1ccccc1)c1ncc(C(=O)CC(=O)C(=O)O)s1. The van der Waals surface area contributed by atoms with E-state index < -0.39 is 24.0 Å².